The largest absolute Gasteiger partial charge is 0.134 e. The fraction of sp³-hybridized carbons (Fsp3) is 0.120. The van der Waals surface area contributed by atoms with E-state index in [-0.39, 0.29) is 5.41 Å². The molecule has 0 nitrogen and oxygen atoms in total. The van der Waals surface area contributed by atoms with Crippen LogP contribution in [0.25, 0.3) is 32.0 Å². The molecule has 27 heavy (non-hydrogen) atoms. The fourth-order valence-electron chi connectivity index (χ4n) is 4.36. The first-order valence-electron chi connectivity index (χ1n) is 9.16. The monoisotopic (exact) mass is 386 g/mol. The quantitative estimate of drug-likeness (QED) is 0.327. The van der Waals surface area contributed by atoms with Gasteiger partial charge < -0.3 is 0 Å². The van der Waals surface area contributed by atoms with E-state index in [1.165, 1.54) is 43.1 Å². The predicted octanol–water partition coefficient (Wildman–Crippen LogP) is 8.04. The molecule has 0 radical (unpaired) electrons. The summed E-state index contributed by atoms with van der Waals surface area (Å²) in [4.78, 5) is 2.68. The van der Waals surface area contributed by atoms with E-state index in [2.05, 4.69) is 86.6 Å². The van der Waals surface area contributed by atoms with E-state index in [9.17, 15) is 0 Å². The minimum absolute atomic E-state index is 0.127. The number of thiophene rings is 1. The van der Waals surface area contributed by atoms with Crippen molar-refractivity contribution in [2.45, 2.75) is 19.3 Å². The lowest BCUT2D eigenvalue weighted by atomic mass is 9.81. The Morgan fingerprint density at radius 1 is 0.667 bits per heavy atom. The van der Waals surface area contributed by atoms with Crippen molar-refractivity contribution in [3.05, 3.63) is 95.0 Å². The highest BCUT2D eigenvalue weighted by Gasteiger charge is 2.42. The Labute approximate surface area is 169 Å². The molecule has 4 aromatic rings. The maximum atomic E-state index is 6.70. The first-order chi connectivity index (χ1) is 13.1. The third-order valence-electron chi connectivity index (χ3n) is 5.51. The molecule has 0 fully saturated rings. The molecule has 0 spiro atoms. The normalized spacial score (nSPS) is 14.0. The van der Waals surface area contributed by atoms with E-state index in [4.69, 9.17) is 11.6 Å². The first kappa shape index (κ1) is 16.8. The van der Waals surface area contributed by atoms with E-state index >= 15 is 0 Å². The average Bonchev–Trinajstić information content (AvgIpc) is 3.20. The highest BCUT2D eigenvalue weighted by Crippen LogP contribution is 2.60. The van der Waals surface area contributed by atoms with Gasteiger partial charge in [-0.2, -0.15) is 0 Å². The van der Waals surface area contributed by atoms with Gasteiger partial charge in [-0.05, 0) is 33.9 Å². The lowest BCUT2D eigenvalue weighted by Gasteiger charge is -2.23. The van der Waals surface area contributed by atoms with Crippen LogP contribution in [-0.2, 0) is 5.41 Å². The van der Waals surface area contributed by atoms with Crippen molar-refractivity contribution in [3.8, 4) is 32.0 Å². The van der Waals surface area contributed by atoms with Crippen LogP contribution < -0.4 is 0 Å². The highest BCUT2D eigenvalue weighted by atomic mass is 35.5. The van der Waals surface area contributed by atoms with E-state index < -0.39 is 0 Å². The molecular formula is C25H19ClS. The van der Waals surface area contributed by atoms with Crippen LogP contribution >= 0.6 is 22.9 Å². The van der Waals surface area contributed by atoms with Gasteiger partial charge in [-0.1, -0.05) is 98.2 Å². The lowest BCUT2D eigenvalue weighted by Crippen LogP contribution is -2.16. The second-order valence-electron chi connectivity index (χ2n) is 7.53. The molecule has 1 aliphatic rings. The molecule has 132 valence electrons. The van der Waals surface area contributed by atoms with Gasteiger partial charge in [0.1, 0.15) is 0 Å². The zero-order valence-corrected chi connectivity index (χ0v) is 16.9. The number of halogens is 1. The minimum atomic E-state index is -0.127. The van der Waals surface area contributed by atoms with Crippen LogP contribution in [-0.4, -0.2) is 0 Å². The zero-order chi connectivity index (χ0) is 18.6. The third kappa shape index (κ3) is 2.42. The van der Waals surface area contributed by atoms with Crippen LogP contribution in [0.5, 0.6) is 0 Å². The van der Waals surface area contributed by atoms with Crippen molar-refractivity contribution in [1.29, 1.82) is 0 Å². The van der Waals surface area contributed by atoms with Gasteiger partial charge in [0.2, 0.25) is 0 Å². The van der Waals surface area contributed by atoms with E-state index in [0.717, 1.165) is 5.02 Å². The number of rotatable bonds is 2. The van der Waals surface area contributed by atoms with Gasteiger partial charge in [0, 0.05) is 25.8 Å². The standard InChI is InChI=1S/C25H19ClS/c1-25(2)21-18(14-9-15-19(21)26)20-22(25)24(17-12-7-4-8-13-17)27-23(20)16-10-5-3-6-11-16/h3-15H,1-2H3. The van der Waals surface area contributed by atoms with Crippen molar-refractivity contribution < 1.29 is 0 Å². The summed E-state index contributed by atoms with van der Waals surface area (Å²) in [5.74, 6) is 0. The molecule has 0 amide bonds. The van der Waals surface area contributed by atoms with Crippen molar-refractivity contribution in [2.75, 3.05) is 0 Å². The Hall–Kier alpha value is -2.35. The molecule has 1 heterocycles. The molecular weight excluding hydrogens is 368 g/mol. The van der Waals surface area contributed by atoms with Gasteiger partial charge in [0.25, 0.3) is 0 Å². The topological polar surface area (TPSA) is 0 Å². The molecule has 1 aliphatic carbocycles. The third-order valence-corrected chi connectivity index (χ3v) is 7.12. The number of hydrogen-bond donors (Lipinski definition) is 0. The summed E-state index contributed by atoms with van der Waals surface area (Å²) in [6.45, 7) is 4.61. The molecule has 0 aliphatic heterocycles. The summed E-state index contributed by atoms with van der Waals surface area (Å²) in [6.07, 6.45) is 0. The maximum absolute atomic E-state index is 6.70. The Balaban J connectivity index is 1.90. The van der Waals surface area contributed by atoms with Gasteiger partial charge in [-0.15, -0.1) is 11.3 Å². The van der Waals surface area contributed by atoms with Gasteiger partial charge in [-0.3, -0.25) is 0 Å². The number of benzene rings is 3. The van der Waals surface area contributed by atoms with Crippen LogP contribution in [0.15, 0.2) is 78.9 Å². The summed E-state index contributed by atoms with van der Waals surface area (Å²) in [5, 5.41) is 0.858. The average molecular weight is 387 g/mol. The molecule has 0 N–H and O–H groups in total. The second kappa shape index (κ2) is 6.09. The van der Waals surface area contributed by atoms with Crippen molar-refractivity contribution in [2.24, 2.45) is 0 Å². The van der Waals surface area contributed by atoms with Gasteiger partial charge in [0.05, 0.1) is 0 Å². The summed E-state index contributed by atoms with van der Waals surface area (Å²) in [6, 6.07) is 27.8. The summed E-state index contributed by atoms with van der Waals surface area (Å²) in [5.41, 5.74) is 7.70. The Morgan fingerprint density at radius 2 is 1.26 bits per heavy atom. The van der Waals surface area contributed by atoms with Crippen LogP contribution in [0.3, 0.4) is 0 Å². The highest BCUT2D eigenvalue weighted by molar-refractivity contribution is 7.19. The summed E-state index contributed by atoms with van der Waals surface area (Å²) >= 11 is 8.60. The van der Waals surface area contributed by atoms with Crippen molar-refractivity contribution >= 4 is 22.9 Å². The Morgan fingerprint density at radius 3 is 1.89 bits per heavy atom. The molecule has 0 atom stereocenters. The number of fused-ring (bicyclic) bond motifs is 3. The molecule has 0 saturated carbocycles. The van der Waals surface area contributed by atoms with E-state index in [1.54, 1.807) is 0 Å². The Bertz CT molecular complexity index is 1140. The number of hydrogen-bond acceptors (Lipinski definition) is 1. The van der Waals surface area contributed by atoms with Crippen molar-refractivity contribution in [1.82, 2.24) is 0 Å². The molecule has 3 aromatic carbocycles. The molecule has 5 rings (SSSR count). The van der Waals surface area contributed by atoms with E-state index in [0.29, 0.717) is 0 Å². The van der Waals surface area contributed by atoms with Crippen LogP contribution in [0, 0.1) is 0 Å². The molecule has 1 aromatic heterocycles. The molecule has 0 unspecified atom stereocenters. The van der Waals surface area contributed by atoms with Crippen molar-refractivity contribution in [3.63, 3.8) is 0 Å². The fourth-order valence-corrected chi connectivity index (χ4v) is 6.26. The lowest BCUT2D eigenvalue weighted by molar-refractivity contribution is 0.664. The predicted molar refractivity (Wildman–Crippen MR) is 118 cm³/mol. The van der Waals surface area contributed by atoms with E-state index in [1.807, 2.05) is 17.4 Å². The molecule has 2 heteroatoms. The van der Waals surface area contributed by atoms with Gasteiger partial charge in [-0.25, -0.2) is 0 Å². The Kier molecular flexibility index (Phi) is 3.79. The smallest absolute Gasteiger partial charge is 0.0453 e. The maximum Gasteiger partial charge on any atom is 0.0453 e. The molecule has 0 bridgehead atoms. The van der Waals surface area contributed by atoms with Crippen LogP contribution in [0.1, 0.15) is 25.0 Å². The van der Waals surface area contributed by atoms with Gasteiger partial charge in [0.15, 0.2) is 0 Å². The molecule has 0 saturated heterocycles. The zero-order valence-electron chi connectivity index (χ0n) is 15.3. The van der Waals surface area contributed by atoms with Crippen LogP contribution in [0.2, 0.25) is 5.02 Å². The minimum Gasteiger partial charge on any atom is -0.134 e. The summed E-state index contributed by atoms with van der Waals surface area (Å²) < 4.78 is 0. The first-order valence-corrected chi connectivity index (χ1v) is 10.4. The SMILES string of the molecule is CC1(C)c2c(Cl)cccc2-c2c(-c3ccccc3)sc(-c3ccccc3)c21. The van der Waals surface area contributed by atoms with Gasteiger partial charge >= 0.3 is 0 Å². The summed E-state index contributed by atoms with van der Waals surface area (Å²) in [7, 11) is 0. The second-order valence-corrected chi connectivity index (χ2v) is 8.96. The van der Waals surface area contributed by atoms with Crippen LogP contribution in [0.4, 0.5) is 0 Å².